The number of ether oxygens (including phenoxy) is 8. The molecule has 33 nitrogen and oxygen atoms in total. The maximum Gasteiger partial charge on any atom is 0.272 e. The Morgan fingerprint density at radius 2 is 0.790 bits per heavy atom. The molecule has 124 heavy (non-hydrogen) atoms. The number of aromatic hydroxyl groups is 1. The normalized spacial score (nSPS) is 12.0. The van der Waals surface area contributed by atoms with Crippen molar-refractivity contribution in [1.29, 1.82) is 0 Å². The zero-order valence-electron chi connectivity index (χ0n) is 78.3. The van der Waals surface area contributed by atoms with Gasteiger partial charge in [-0.2, -0.15) is 24.0 Å². The van der Waals surface area contributed by atoms with E-state index in [1.54, 1.807) is 95.3 Å². The summed E-state index contributed by atoms with van der Waals surface area (Å²) >= 11 is 5.26. The number of rotatable bonds is 28. The number of phenolic OH excluding ortho intramolecular Hbond substituents is 1. The number of aromatic nitrogens is 11. The summed E-state index contributed by atoms with van der Waals surface area (Å²) in [5, 5.41) is 23.0. The van der Waals surface area contributed by atoms with Gasteiger partial charge in [-0.3, -0.25) is 24.2 Å². The number of aromatic amines is 1. The van der Waals surface area contributed by atoms with Crippen molar-refractivity contribution in [1.82, 2.24) is 73.9 Å². The number of halogens is 1. The van der Waals surface area contributed by atoms with Gasteiger partial charge in [0.2, 0.25) is 30.7 Å². The molecule has 5 atom stereocenters. The summed E-state index contributed by atoms with van der Waals surface area (Å²) in [6, 6.07) is 43.2. The van der Waals surface area contributed by atoms with Gasteiger partial charge in [0.15, 0.2) is 23.8 Å². The number of phenols is 1. The number of Topliss-reactive ketones (excluding diaryl/α,β-unsaturated/α-hetero) is 2. The minimum atomic E-state index is -0.471. The molecule has 0 spiro atoms. The number of hydrogen-bond acceptors (Lipinski definition) is 29. The molecule has 10 aromatic rings. The second-order valence-electron chi connectivity index (χ2n) is 30.3. The monoisotopic (exact) mass is 1740 g/mol. The van der Waals surface area contributed by atoms with Gasteiger partial charge >= 0.3 is 0 Å². The molecule has 5 heterocycles. The Morgan fingerprint density at radius 1 is 0.460 bits per heavy atom. The van der Waals surface area contributed by atoms with Crippen molar-refractivity contribution >= 4 is 70.6 Å². The summed E-state index contributed by atoms with van der Waals surface area (Å²) < 4.78 is 45.9. The van der Waals surface area contributed by atoms with Crippen molar-refractivity contribution in [3.05, 3.63) is 197 Å². The maximum atomic E-state index is 11.8. The van der Waals surface area contributed by atoms with Crippen LogP contribution in [-0.2, 0) is 38.2 Å². The van der Waals surface area contributed by atoms with E-state index >= 15 is 0 Å². The summed E-state index contributed by atoms with van der Waals surface area (Å²) in [6.45, 7) is 33.7. The zero-order chi connectivity index (χ0) is 94.0. The first kappa shape index (κ1) is 111. The number of alkyl halides is 1. The molecule has 0 saturated carbocycles. The standard InChI is InChI=1S/C19H24N6O.C16H19N5O.C16H23NO2.C13H18O2.C9H12O.2C5H13NO2.C4H7ClO.C2H5N5.CH5NO/c1-13(2)15-6-8-16(9-7-15)26-14(3)17-10-11-20-19-22-18(23-25(17)19)21-12-24(4)5;1-10(2)12-4-6-13(7-5-12)22-11(3)14-8-9-18-16-19-15(17)20-21(14)16;1-12(2)14-6-8-15(9-7-14)19-13(3)16(18)10-11-17(4)5;1-9(2)12-5-7-13(8-6-12)15-11(4)10(3)14;1-7(2)8-3-5-9(10)6-4-8;2*1-6(2)5(7-3)8-4;1-3(5)4(2)6;3-1-5-2(4)7-6-1;1-3-2/h6-14H,1-5H3;4-11H,1-3H3,(H2,17,20);6-13H,1-5H3;5-9,11H,1-4H3;3-7,10H,1-2H3;2*5H,1-4H3;3H,1-2H3;(H5,3,4,5,6,7);2H2,1H3/b;;11-10+;;;;;;;. The number of H-pyrrole nitrogens is 1. The van der Waals surface area contributed by atoms with Gasteiger partial charge in [-0.1, -0.05) is 130 Å². The third-order valence-corrected chi connectivity index (χ3v) is 17.3. The van der Waals surface area contributed by atoms with Gasteiger partial charge in [-0.15, -0.1) is 26.9 Å². The molecule has 0 aliphatic rings. The molecule has 0 saturated heterocycles. The van der Waals surface area contributed by atoms with E-state index in [1.165, 1.54) is 54.9 Å². The van der Waals surface area contributed by atoms with Crippen molar-refractivity contribution in [2.24, 2.45) is 10.9 Å². The number of carbonyl (C=O) groups excluding carboxylic acids is 3. The number of nitrogens with two attached hydrogens (primary N) is 4. The van der Waals surface area contributed by atoms with Crippen LogP contribution in [0, 0.1) is 0 Å². The Morgan fingerprint density at radius 3 is 1.06 bits per heavy atom. The van der Waals surface area contributed by atoms with Gasteiger partial charge < -0.3 is 74.8 Å². The summed E-state index contributed by atoms with van der Waals surface area (Å²) in [5.41, 5.74) is 23.8. The van der Waals surface area contributed by atoms with E-state index in [2.05, 4.69) is 155 Å². The first-order valence-electron chi connectivity index (χ1n) is 40.3. The maximum absolute atomic E-state index is 11.8. The fourth-order valence-electron chi connectivity index (χ4n) is 9.81. The highest BCUT2D eigenvalue weighted by atomic mass is 35.5. The summed E-state index contributed by atoms with van der Waals surface area (Å²) in [7, 11) is 22.9. The molecule has 34 heteroatoms. The lowest BCUT2D eigenvalue weighted by Gasteiger charge is -2.19. The molecule has 0 fully saturated rings. The van der Waals surface area contributed by atoms with Crippen LogP contribution in [0.2, 0.25) is 0 Å². The van der Waals surface area contributed by atoms with Crippen molar-refractivity contribution in [2.75, 3.05) is 109 Å². The van der Waals surface area contributed by atoms with E-state index in [4.69, 9.17) is 71.8 Å². The Bertz CT molecular complexity index is 4580. The van der Waals surface area contributed by atoms with Crippen molar-refractivity contribution in [2.45, 2.75) is 190 Å². The van der Waals surface area contributed by atoms with Crippen molar-refractivity contribution in [3.63, 3.8) is 0 Å². The lowest BCUT2D eigenvalue weighted by Crippen LogP contribution is -2.30. The number of aliphatic imine (C=N–C) groups is 1. The van der Waals surface area contributed by atoms with Gasteiger partial charge in [0.05, 0.1) is 30.2 Å². The number of nitrogens with one attached hydrogen (secondary N) is 1. The molecule has 0 aliphatic heterocycles. The van der Waals surface area contributed by atoms with E-state index in [9.17, 15) is 14.4 Å². The fraction of sp³-hybridized carbons (Fsp3) is 0.467. The first-order chi connectivity index (χ1) is 58.4. The van der Waals surface area contributed by atoms with Crippen LogP contribution in [0.5, 0.6) is 28.7 Å². The van der Waals surface area contributed by atoms with Crippen LogP contribution in [0.1, 0.15) is 199 Å². The largest absolute Gasteiger partial charge is 0.508 e. The lowest BCUT2D eigenvalue weighted by atomic mass is 10.0. The second-order valence-corrected chi connectivity index (χ2v) is 30.9. The van der Waals surface area contributed by atoms with Gasteiger partial charge in [0.25, 0.3) is 17.5 Å². The Hall–Kier alpha value is -11.3. The van der Waals surface area contributed by atoms with Crippen LogP contribution < -0.4 is 42.0 Å². The number of benzene rings is 5. The van der Waals surface area contributed by atoms with Crippen molar-refractivity contribution in [3.8, 4) is 28.7 Å². The number of methoxy groups -OCH3 is 4. The molecule has 10 rings (SSSR count). The third-order valence-electron chi connectivity index (χ3n) is 17.0. The molecule has 0 bridgehead atoms. The highest BCUT2D eigenvalue weighted by Gasteiger charge is 2.19. The quantitative estimate of drug-likeness (QED) is 0.00662. The SMILES string of the molecule is CC(=O)C(C)Cl.CC(=O)C(C)Oc1ccc(C(C)C)cc1.CC(C)c1ccc(O)cc1.CC(C)c1ccc(OC(C)c2ccnc3nc(N)nn23)cc1.CC(C)c1ccc(OC(C)c2ccnc3nc(N=CN(C)C)nn23)cc1.CC(Oc1ccc(C(C)C)cc1)C(=O)/C=C/N(C)C.COC(OC)N(C)C.COC(OC)N(C)C.CON.Nc1n[nH]c(N)n1. The fourth-order valence-corrected chi connectivity index (χ4v) is 9.81. The molecule has 10 N–H and O–H groups in total. The third kappa shape index (κ3) is 44.2. The van der Waals surface area contributed by atoms with Gasteiger partial charge in [-0.05, 0) is 207 Å². The zero-order valence-corrected chi connectivity index (χ0v) is 79.0. The number of carbonyl (C=O) groups is 3. The molecule has 5 unspecified atom stereocenters. The average molecular weight is 1740 g/mol. The van der Waals surface area contributed by atoms with E-state index in [-0.39, 0.29) is 71.7 Å². The van der Waals surface area contributed by atoms with Crippen LogP contribution in [-0.4, -0.2) is 225 Å². The predicted octanol–water partition coefficient (Wildman–Crippen LogP) is 15.4. The van der Waals surface area contributed by atoms with E-state index in [0.29, 0.717) is 52.8 Å². The second kappa shape index (κ2) is 59.5. The summed E-state index contributed by atoms with van der Waals surface area (Å²) in [4.78, 5) is 68.4. The number of hydrogen-bond donors (Lipinski definition) is 6. The van der Waals surface area contributed by atoms with Crippen LogP contribution >= 0.6 is 11.6 Å². The summed E-state index contributed by atoms with van der Waals surface area (Å²) in [5.74, 6) is 12.3. The molecular formula is C90H139ClN20O13. The lowest BCUT2D eigenvalue weighted by molar-refractivity contribution is -0.179. The van der Waals surface area contributed by atoms with Gasteiger partial charge in [0, 0.05) is 81.3 Å². The number of nitrogens with zero attached hydrogens (tertiary/aromatic N) is 15. The van der Waals surface area contributed by atoms with E-state index in [0.717, 1.165) is 34.4 Å². The molecular weight excluding hydrogens is 1600 g/mol. The number of ketones is 3. The number of fused-ring (bicyclic) bond motifs is 2. The smallest absolute Gasteiger partial charge is 0.272 e. The van der Waals surface area contributed by atoms with Crippen molar-refractivity contribution < 1.29 is 62.2 Å². The number of nitrogen functional groups attached to an aromatic ring is 3. The van der Waals surface area contributed by atoms with Crippen LogP contribution in [0.4, 0.5) is 23.8 Å². The Kier molecular flexibility index (Phi) is 53.1. The Labute approximate surface area is 739 Å². The number of anilines is 3. The van der Waals surface area contributed by atoms with Gasteiger partial charge in [-0.25, -0.2) is 26.0 Å². The highest BCUT2D eigenvalue weighted by molar-refractivity contribution is 6.30. The predicted molar refractivity (Wildman–Crippen MR) is 494 cm³/mol. The molecule has 0 radical (unpaired) electrons. The van der Waals surface area contributed by atoms with Crippen LogP contribution in [0.3, 0.4) is 0 Å². The van der Waals surface area contributed by atoms with Crippen LogP contribution in [0.15, 0.2) is 163 Å². The molecule has 0 amide bonds. The van der Waals surface area contributed by atoms with E-state index < -0.39 is 6.10 Å². The highest BCUT2D eigenvalue weighted by Crippen LogP contribution is 2.28. The molecule has 5 aromatic carbocycles. The minimum absolute atomic E-state index is 0.0247. The van der Waals surface area contributed by atoms with Crippen LogP contribution in [0.25, 0.3) is 11.6 Å². The molecule has 5 aromatic heterocycles. The Balaban J connectivity index is 0.000000723. The summed E-state index contributed by atoms with van der Waals surface area (Å²) in [6.07, 6.45) is 6.64. The topological polar surface area (TPSA) is 412 Å². The van der Waals surface area contributed by atoms with Gasteiger partial charge in [0.1, 0.15) is 46.7 Å². The molecule has 684 valence electrons. The first-order valence-corrected chi connectivity index (χ1v) is 40.7. The average Bonchev–Trinajstić information content (AvgIpc) is 1.67. The van der Waals surface area contributed by atoms with E-state index in [1.807, 2.05) is 187 Å². The molecule has 0 aliphatic carbocycles. The minimum Gasteiger partial charge on any atom is -0.508 e.